The molecule has 0 unspecified atom stereocenters. The van der Waals surface area contributed by atoms with Gasteiger partial charge in [-0.25, -0.2) is 4.98 Å². The molecule has 2 heterocycles. The van der Waals surface area contributed by atoms with Gasteiger partial charge in [0.05, 0.1) is 29.9 Å². The molecule has 122 valence electrons. The number of hydrogen-bond acceptors (Lipinski definition) is 4. The van der Waals surface area contributed by atoms with Gasteiger partial charge in [0.2, 0.25) is 5.91 Å². The Labute approximate surface area is 134 Å². The third-order valence-corrected chi connectivity index (χ3v) is 4.53. The highest BCUT2D eigenvalue weighted by atomic mass is 16.3. The Bertz CT molecular complexity index is 784. The summed E-state index contributed by atoms with van der Waals surface area (Å²) in [6, 6.07) is 5.45. The molecule has 6 heteroatoms. The summed E-state index contributed by atoms with van der Waals surface area (Å²) in [4.78, 5) is 30.9. The number of nitrogens with zero attached hydrogens (tertiary/aromatic N) is 3. The molecule has 1 amide bonds. The van der Waals surface area contributed by atoms with Crippen LogP contribution in [0.1, 0.15) is 24.8 Å². The summed E-state index contributed by atoms with van der Waals surface area (Å²) in [5, 5.41) is 9.88. The second-order valence-electron chi connectivity index (χ2n) is 6.03. The summed E-state index contributed by atoms with van der Waals surface area (Å²) in [5.74, 6) is -0.0159. The van der Waals surface area contributed by atoms with Gasteiger partial charge in [0, 0.05) is 19.5 Å². The van der Waals surface area contributed by atoms with Crippen LogP contribution in [0.2, 0.25) is 0 Å². The number of aromatic nitrogens is 2. The monoisotopic (exact) mass is 315 g/mol. The molecule has 0 aliphatic carbocycles. The Morgan fingerprint density at radius 1 is 1.43 bits per heavy atom. The summed E-state index contributed by atoms with van der Waals surface area (Å²) in [6.45, 7) is 2.92. The second kappa shape index (κ2) is 6.50. The fourth-order valence-electron chi connectivity index (χ4n) is 3.21. The van der Waals surface area contributed by atoms with Crippen molar-refractivity contribution in [1.82, 2.24) is 14.5 Å². The topological polar surface area (TPSA) is 75.4 Å². The lowest BCUT2D eigenvalue weighted by Gasteiger charge is -2.23. The van der Waals surface area contributed by atoms with Crippen LogP contribution in [0.5, 0.6) is 0 Å². The Balaban J connectivity index is 1.76. The lowest BCUT2D eigenvalue weighted by atomic mass is 10.1. The average molecular weight is 315 g/mol. The van der Waals surface area contributed by atoms with Crippen LogP contribution in [0.4, 0.5) is 0 Å². The SMILES string of the molecule is Cc1cccc2c(=O)n(CCC(=O)N3CCC[C@@H]3CO)cnc12. The first-order valence-electron chi connectivity index (χ1n) is 7.97. The zero-order chi connectivity index (χ0) is 16.4. The number of para-hydroxylation sites is 1. The highest BCUT2D eigenvalue weighted by Crippen LogP contribution is 2.18. The van der Waals surface area contributed by atoms with Crippen molar-refractivity contribution >= 4 is 16.8 Å². The second-order valence-corrected chi connectivity index (χ2v) is 6.03. The van der Waals surface area contributed by atoms with E-state index in [1.807, 2.05) is 19.1 Å². The lowest BCUT2D eigenvalue weighted by molar-refractivity contribution is -0.132. The summed E-state index contributed by atoms with van der Waals surface area (Å²) in [7, 11) is 0. The molecule has 1 fully saturated rings. The number of benzene rings is 1. The first-order valence-corrected chi connectivity index (χ1v) is 7.97. The molecule has 1 aromatic heterocycles. The summed E-state index contributed by atoms with van der Waals surface area (Å²) in [5.41, 5.74) is 1.55. The standard InChI is InChI=1S/C17H21N3O3/c1-12-4-2-6-14-16(12)18-11-19(17(14)23)9-7-15(22)20-8-3-5-13(20)10-21/h2,4,6,11,13,21H,3,5,7-10H2,1H3/t13-/m1/s1. The van der Waals surface area contributed by atoms with Crippen molar-refractivity contribution in [2.45, 2.75) is 38.8 Å². The van der Waals surface area contributed by atoms with Crippen molar-refractivity contribution in [3.8, 4) is 0 Å². The number of carbonyl (C=O) groups is 1. The highest BCUT2D eigenvalue weighted by Gasteiger charge is 2.27. The van der Waals surface area contributed by atoms with Crippen LogP contribution in [0.3, 0.4) is 0 Å². The van der Waals surface area contributed by atoms with Crippen molar-refractivity contribution in [3.63, 3.8) is 0 Å². The van der Waals surface area contributed by atoms with Crippen LogP contribution in [-0.4, -0.2) is 44.7 Å². The molecule has 1 atom stereocenters. The van der Waals surface area contributed by atoms with E-state index in [-0.39, 0.29) is 30.5 Å². The van der Waals surface area contributed by atoms with Crippen molar-refractivity contribution in [2.75, 3.05) is 13.2 Å². The molecular formula is C17H21N3O3. The number of amides is 1. The largest absolute Gasteiger partial charge is 0.394 e. The molecule has 3 rings (SSSR count). The van der Waals surface area contributed by atoms with Gasteiger partial charge in [-0.2, -0.15) is 0 Å². The minimum absolute atomic E-state index is 0.00248. The van der Waals surface area contributed by atoms with Gasteiger partial charge in [-0.15, -0.1) is 0 Å². The van der Waals surface area contributed by atoms with Crippen LogP contribution in [-0.2, 0) is 11.3 Å². The van der Waals surface area contributed by atoms with Crippen LogP contribution in [0.15, 0.2) is 29.3 Å². The van der Waals surface area contributed by atoms with Crippen LogP contribution >= 0.6 is 0 Å². The number of aryl methyl sites for hydroxylation is 2. The van der Waals surface area contributed by atoms with Crippen LogP contribution < -0.4 is 5.56 Å². The van der Waals surface area contributed by atoms with Gasteiger partial charge in [-0.05, 0) is 31.4 Å². The van der Waals surface area contributed by atoms with E-state index >= 15 is 0 Å². The smallest absolute Gasteiger partial charge is 0.261 e. The van der Waals surface area contributed by atoms with Crippen molar-refractivity contribution in [1.29, 1.82) is 0 Å². The maximum absolute atomic E-state index is 12.5. The van der Waals surface area contributed by atoms with Crippen molar-refractivity contribution in [2.24, 2.45) is 0 Å². The quantitative estimate of drug-likeness (QED) is 0.916. The normalized spacial score (nSPS) is 17.8. The maximum Gasteiger partial charge on any atom is 0.261 e. The summed E-state index contributed by atoms with van der Waals surface area (Å²) < 4.78 is 1.49. The number of hydrogen-bond donors (Lipinski definition) is 1. The Morgan fingerprint density at radius 3 is 3.04 bits per heavy atom. The molecule has 23 heavy (non-hydrogen) atoms. The van der Waals surface area contributed by atoms with E-state index in [9.17, 15) is 14.7 Å². The maximum atomic E-state index is 12.5. The Hall–Kier alpha value is -2.21. The van der Waals surface area contributed by atoms with Gasteiger partial charge in [-0.1, -0.05) is 12.1 Å². The zero-order valence-electron chi connectivity index (χ0n) is 13.2. The van der Waals surface area contributed by atoms with E-state index in [0.717, 1.165) is 18.4 Å². The number of likely N-dealkylation sites (tertiary alicyclic amines) is 1. The Kier molecular flexibility index (Phi) is 4.43. The van der Waals surface area contributed by atoms with E-state index < -0.39 is 0 Å². The summed E-state index contributed by atoms with van der Waals surface area (Å²) in [6.07, 6.45) is 3.53. The number of fused-ring (bicyclic) bond motifs is 1. The average Bonchev–Trinajstić information content (AvgIpc) is 3.03. The number of aliphatic hydroxyl groups is 1. The molecule has 0 radical (unpaired) electrons. The van der Waals surface area contributed by atoms with Gasteiger partial charge in [0.15, 0.2) is 0 Å². The number of aliphatic hydroxyl groups excluding tert-OH is 1. The minimum Gasteiger partial charge on any atom is -0.394 e. The van der Waals surface area contributed by atoms with Crippen molar-refractivity contribution < 1.29 is 9.90 Å². The van der Waals surface area contributed by atoms with Gasteiger partial charge in [0.1, 0.15) is 0 Å². The lowest BCUT2D eigenvalue weighted by Crippen LogP contribution is -2.38. The molecular weight excluding hydrogens is 294 g/mol. The molecule has 1 saturated heterocycles. The first-order chi connectivity index (χ1) is 11.1. The molecule has 2 aromatic rings. The predicted molar refractivity (Wildman–Crippen MR) is 87.2 cm³/mol. The molecule has 6 nitrogen and oxygen atoms in total. The molecule has 0 bridgehead atoms. The molecule has 0 spiro atoms. The summed E-state index contributed by atoms with van der Waals surface area (Å²) >= 11 is 0. The number of rotatable bonds is 4. The van der Waals surface area contributed by atoms with E-state index in [0.29, 0.717) is 24.0 Å². The van der Waals surface area contributed by atoms with Gasteiger partial charge in [-0.3, -0.25) is 14.2 Å². The third kappa shape index (κ3) is 2.99. The first kappa shape index (κ1) is 15.7. The van der Waals surface area contributed by atoms with Crippen LogP contribution in [0, 0.1) is 6.92 Å². The fourth-order valence-corrected chi connectivity index (χ4v) is 3.21. The number of carbonyl (C=O) groups excluding carboxylic acids is 1. The molecule has 1 N–H and O–H groups in total. The van der Waals surface area contributed by atoms with Crippen molar-refractivity contribution in [3.05, 3.63) is 40.4 Å². The highest BCUT2D eigenvalue weighted by molar-refractivity contribution is 5.80. The van der Waals surface area contributed by atoms with E-state index in [1.165, 1.54) is 10.9 Å². The van der Waals surface area contributed by atoms with Gasteiger partial charge < -0.3 is 10.0 Å². The van der Waals surface area contributed by atoms with Gasteiger partial charge in [0.25, 0.3) is 5.56 Å². The minimum atomic E-state index is -0.119. The van der Waals surface area contributed by atoms with E-state index in [1.54, 1.807) is 11.0 Å². The zero-order valence-corrected chi connectivity index (χ0v) is 13.2. The van der Waals surface area contributed by atoms with E-state index in [4.69, 9.17) is 0 Å². The molecule has 1 aromatic carbocycles. The third-order valence-electron chi connectivity index (χ3n) is 4.53. The molecule has 1 aliphatic heterocycles. The Morgan fingerprint density at radius 2 is 2.26 bits per heavy atom. The molecule has 1 aliphatic rings. The van der Waals surface area contributed by atoms with E-state index in [2.05, 4.69) is 4.98 Å². The van der Waals surface area contributed by atoms with Gasteiger partial charge >= 0.3 is 0 Å². The fraction of sp³-hybridized carbons (Fsp3) is 0.471. The molecule has 0 saturated carbocycles. The van der Waals surface area contributed by atoms with Crippen LogP contribution in [0.25, 0.3) is 10.9 Å². The predicted octanol–water partition coefficient (Wildman–Crippen LogP) is 1.08.